The van der Waals surface area contributed by atoms with Gasteiger partial charge in [-0.3, -0.25) is 0 Å². The third-order valence-electron chi connectivity index (χ3n) is 3.98. The van der Waals surface area contributed by atoms with E-state index in [-0.39, 0.29) is 6.35 Å². The van der Waals surface area contributed by atoms with Crippen molar-refractivity contribution in [2.45, 2.75) is 45.9 Å². The number of halogens is 1. The summed E-state index contributed by atoms with van der Waals surface area (Å²) in [5.74, 6) is 0. The second-order valence-electron chi connectivity index (χ2n) is 6.11. The highest BCUT2D eigenvalue weighted by Crippen LogP contribution is 2.45. The summed E-state index contributed by atoms with van der Waals surface area (Å²) in [5.41, 5.74) is 0.405. The number of ether oxygens (including phenoxy) is 1. The summed E-state index contributed by atoms with van der Waals surface area (Å²) in [5, 5.41) is 1.20. The molecular weight excluding hydrogens is 336 g/mol. The van der Waals surface area contributed by atoms with Gasteiger partial charge in [0.1, 0.15) is 4.67 Å². The first-order valence-corrected chi connectivity index (χ1v) is 8.93. The second-order valence-corrected chi connectivity index (χ2v) is 8.52. The van der Waals surface area contributed by atoms with Crippen LogP contribution in [0.3, 0.4) is 0 Å². The molecule has 0 saturated heterocycles. The Hall–Kier alpha value is -0.390. The van der Waals surface area contributed by atoms with E-state index in [1.807, 2.05) is 0 Å². The number of hydrogen-bond acceptors (Lipinski definition) is 4. The number of unbranched alkanes of at least 4 members (excludes halogenated alkanes) is 1. The van der Waals surface area contributed by atoms with E-state index in [0.29, 0.717) is 5.41 Å². The van der Waals surface area contributed by atoms with Crippen LogP contribution in [-0.4, -0.2) is 24.4 Å². The average molecular weight is 357 g/mol. The summed E-state index contributed by atoms with van der Waals surface area (Å²) in [7, 11) is 0. The van der Waals surface area contributed by atoms with Crippen LogP contribution in [0.2, 0.25) is 0 Å². The Kier molecular flexibility index (Phi) is 4.20. The van der Waals surface area contributed by atoms with Crippen molar-refractivity contribution in [2.75, 3.05) is 13.2 Å². The van der Waals surface area contributed by atoms with E-state index >= 15 is 0 Å². The van der Waals surface area contributed by atoms with Crippen LogP contribution in [0.5, 0.6) is 0 Å². The molecule has 2 heterocycles. The Bertz CT molecular complexity index is 594. The van der Waals surface area contributed by atoms with E-state index in [2.05, 4.69) is 46.9 Å². The predicted molar refractivity (Wildman–Crippen MR) is 86.0 cm³/mol. The van der Waals surface area contributed by atoms with Crippen molar-refractivity contribution in [3.05, 3.63) is 19.7 Å². The minimum atomic E-state index is -0.142. The predicted octanol–water partition coefficient (Wildman–Crippen LogP) is 3.08. The van der Waals surface area contributed by atoms with Crippen LogP contribution >= 0.6 is 27.3 Å². The highest BCUT2D eigenvalue weighted by molar-refractivity contribution is 9.11. The van der Waals surface area contributed by atoms with Gasteiger partial charge >= 0.3 is 0 Å². The van der Waals surface area contributed by atoms with E-state index in [1.165, 1.54) is 30.9 Å². The molecule has 3 rings (SSSR count). The molecule has 20 heavy (non-hydrogen) atoms. The van der Waals surface area contributed by atoms with Crippen LogP contribution < -0.4 is 9.89 Å². The van der Waals surface area contributed by atoms with E-state index in [1.54, 1.807) is 11.3 Å². The van der Waals surface area contributed by atoms with Crippen molar-refractivity contribution in [1.82, 2.24) is 4.90 Å². The van der Waals surface area contributed by atoms with Crippen molar-refractivity contribution >= 4 is 33.5 Å². The maximum Gasteiger partial charge on any atom is 0.229 e. The molecule has 0 N–H and O–H groups in total. The first kappa shape index (κ1) is 14.5. The largest absolute Gasteiger partial charge is 0.338 e. The fraction of sp³-hybridized carbons (Fsp3) is 0.667. The van der Waals surface area contributed by atoms with Crippen molar-refractivity contribution in [2.24, 2.45) is 10.4 Å². The van der Waals surface area contributed by atoms with Crippen molar-refractivity contribution < 1.29 is 4.74 Å². The molecule has 2 aliphatic rings. The third kappa shape index (κ3) is 3.26. The summed E-state index contributed by atoms with van der Waals surface area (Å²) in [6.07, 6.45) is 7.00. The van der Waals surface area contributed by atoms with Crippen LogP contribution in [0.15, 0.2) is 14.8 Å². The molecule has 1 aromatic heterocycles. The molecule has 110 valence electrons. The van der Waals surface area contributed by atoms with Gasteiger partial charge in [0.2, 0.25) is 6.35 Å². The number of hydrogen-bond donors (Lipinski definition) is 0. The minimum absolute atomic E-state index is 0.142. The summed E-state index contributed by atoms with van der Waals surface area (Å²) >= 11 is 5.23. The van der Waals surface area contributed by atoms with Crippen LogP contribution in [0.4, 0.5) is 0 Å². The van der Waals surface area contributed by atoms with E-state index in [0.717, 1.165) is 21.6 Å². The molecule has 1 aliphatic carbocycles. The van der Waals surface area contributed by atoms with Crippen LogP contribution in [0.25, 0.3) is 6.20 Å². The first-order valence-electron chi connectivity index (χ1n) is 7.32. The fourth-order valence-electron chi connectivity index (χ4n) is 2.26. The molecule has 1 atom stereocenters. The number of thiophene rings is 1. The lowest BCUT2D eigenvalue weighted by atomic mass is 10.2. The zero-order valence-corrected chi connectivity index (χ0v) is 14.5. The van der Waals surface area contributed by atoms with Crippen molar-refractivity contribution in [1.29, 1.82) is 0 Å². The van der Waals surface area contributed by atoms with Crippen molar-refractivity contribution in [3.8, 4) is 0 Å². The maximum absolute atomic E-state index is 6.11. The van der Waals surface area contributed by atoms with Gasteiger partial charge in [-0.05, 0) is 46.7 Å². The molecule has 3 nitrogen and oxygen atoms in total. The summed E-state index contributed by atoms with van der Waals surface area (Å²) < 4.78 is 8.32. The lowest BCUT2D eigenvalue weighted by Gasteiger charge is -2.29. The number of nitrogens with zero attached hydrogens (tertiary/aromatic N) is 2. The van der Waals surface area contributed by atoms with Crippen molar-refractivity contribution in [3.63, 3.8) is 0 Å². The zero-order valence-electron chi connectivity index (χ0n) is 12.1. The van der Waals surface area contributed by atoms with Gasteiger partial charge in [-0.2, -0.15) is 0 Å². The zero-order chi connectivity index (χ0) is 14.2. The molecule has 0 spiro atoms. The SMILES string of the molecule is CCCCN1C=c2cc(Br)sc2=NC1OCC1(C)CC1. The third-order valence-corrected chi connectivity index (χ3v) is 5.54. The van der Waals surface area contributed by atoms with E-state index in [4.69, 9.17) is 9.73 Å². The molecule has 1 aromatic rings. The Balaban J connectivity index is 1.78. The van der Waals surface area contributed by atoms with E-state index < -0.39 is 0 Å². The van der Waals surface area contributed by atoms with Gasteiger partial charge in [0, 0.05) is 18.0 Å². The quantitative estimate of drug-likeness (QED) is 0.782. The van der Waals surface area contributed by atoms with Gasteiger partial charge in [0.05, 0.1) is 10.4 Å². The Labute approximate surface area is 132 Å². The molecular formula is C15H21BrN2OS. The highest BCUT2D eigenvalue weighted by Gasteiger charge is 2.38. The second kappa shape index (κ2) is 5.78. The Morgan fingerprint density at radius 2 is 2.35 bits per heavy atom. The van der Waals surface area contributed by atoms with Crippen LogP contribution in [-0.2, 0) is 4.74 Å². The Morgan fingerprint density at radius 1 is 1.55 bits per heavy atom. The smallest absolute Gasteiger partial charge is 0.229 e. The summed E-state index contributed by atoms with van der Waals surface area (Å²) in [6.45, 7) is 6.34. The van der Waals surface area contributed by atoms with Gasteiger partial charge in [-0.15, -0.1) is 11.3 Å². The monoisotopic (exact) mass is 356 g/mol. The van der Waals surface area contributed by atoms with Gasteiger partial charge in [0.15, 0.2) is 0 Å². The molecule has 0 bridgehead atoms. The van der Waals surface area contributed by atoms with Gasteiger partial charge < -0.3 is 9.64 Å². The summed E-state index contributed by atoms with van der Waals surface area (Å²) in [4.78, 5) is 7.04. The Morgan fingerprint density at radius 3 is 3.05 bits per heavy atom. The van der Waals surface area contributed by atoms with Gasteiger partial charge in [0.25, 0.3) is 0 Å². The standard InChI is InChI=1S/C15H21BrN2OS/c1-3-4-7-18-9-11-8-12(16)20-13(11)17-14(18)19-10-15(2)5-6-15/h8-9,14H,3-7,10H2,1-2H3. The fourth-order valence-corrected chi connectivity index (χ4v) is 3.71. The number of rotatable bonds is 6. The lowest BCUT2D eigenvalue weighted by Crippen LogP contribution is -2.42. The number of fused-ring (bicyclic) bond motifs is 1. The molecule has 1 saturated carbocycles. The first-order chi connectivity index (χ1) is 9.59. The van der Waals surface area contributed by atoms with Gasteiger partial charge in [-0.25, -0.2) is 4.99 Å². The normalized spacial score (nSPS) is 22.9. The molecule has 0 aromatic carbocycles. The topological polar surface area (TPSA) is 24.8 Å². The molecule has 0 amide bonds. The van der Waals surface area contributed by atoms with E-state index in [9.17, 15) is 0 Å². The molecule has 0 radical (unpaired) electrons. The lowest BCUT2D eigenvalue weighted by molar-refractivity contribution is -0.0441. The molecule has 1 unspecified atom stereocenters. The molecule has 1 fully saturated rings. The van der Waals surface area contributed by atoms with Gasteiger partial charge in [-0.1, -0.05) is 20.3 Å². The molecule has 5 heteroatoms. The maximum atomic E-state index is 6.11. The summed E-state index contributed by atoms with van der Waals surface area (Å²) in [6, 6.07) is 2.14. The van der Waals surface area contributed by atoms with Crippen LogP contribution in [0, 0.1) is 5.41 Å². The van der Waals surface area contributed by atoms with Crippen LogP contribution in [0.1, 0.15) is 39.5 Å². The highest BCUT2D eigenvalue weighted by atomic mass is 79.9. The molecule has 1 aliphatic heterocycles. The average Bonchev–Trinajstić information content (AvgIpc) is 3.04. The minimum Gasteiger partial charge on any atom is -0.338 e.